The summed E-state index contributed by atoms with van der Waals surface area (Å²) >= 11 is 0. The summed E-state index contributed by atoms with van der Waals surface area (Å²) in [5.41, 5.74) is 0. The predicted octanol–water partition coefficient (Wildman–Crippen LogP) is 6.13. The summed E-state index contributed by atoms with van der Waals surface area (Å²) in [5.74, 6) is 1.24. The molecule has 0 aromatic carbocycles. The maximum atomic E-state index is 6.23. The molecule has 0 aromatic heterocycles. The molecular weight excluding hydrogens is 236 g/mol. The molecule has 0 rings (SSSR count). The maximum Gasteiger partial charge on any atom is -0.0106 e. The fourth-order valence-corrected chi connectivity index (χ4v) is 3.15. The van der Waals surface area contributed by atoms with Crippen molar-refractivity contribution in [3.8, 4) is 0 Å². The highest BCUT2D eigenvalue weighted by atomic mass is 35.7. The smallest absolute Gasteiger partial charge is 0.0106 e. The molecule has 0 saturated heterocycles. The second kappa shape index (κ2) is 10.8. The molecule has 0 radical (unpaired) electrons. The van der Waals surface area contributed by atoms with Gasteiger partial charge in [0.25, 0.3) is 0 Å². The third kappa shape index (κ3) is 14.6. The van der Waals surface area contributed by atoms with Crippen molar-refractivity contribution in [3.05, 3.63) is 0 Å². The number of rotatable bonds is 11. The topological polar surface area (TPSA) is 0 Å². The quantitative estimate of drug-likeness (QED) is 0.395. The third-order valence-electron chi connectivity index (χ3n) is 2.98. The zero-order valence-corrected chi connectivity index (χ0v) is 13.1. The van der Waals surface area contributed by atoms with E-state index in [1.165, 1.54) is 70.0 Å². The van der Waals surface area contributed by atoms with Gasteiger partial charge in [-0.15, -0.1) is 0 Å². The van der Waals surface area contributed by atoms with E-state index in [1.807, 2.05) is 0 Å². The zero-order valence-electron chi connectivity index (χ0n) is 11.6. The monoisotopic (exact) mass is 266 g/mol. The fourth-order valence-electron chi connectivity index (χ4n) is 1.93. The van der Waals surface area contributed by atoms with E-state index >= 15 is 0 Å². The van der Waals surface area contributed by atoms with Crippen LogP contribution in [0.3, 0.4) is 0 Å². The Morgan fingerprint density at radius 1 is 0.688 bits per heavy atom. The van der Waals surface area contributed by atoms with Gasteiger partial charge in [0, 0.05) is 0 Å². The Bertz CT molecular complexity index is 140. The van der Waals surface area contributed by atoms with E-state index in [9.17, 15) is 0 Å². The minimum atomic E-state index is -0.760. The largest absolute Gasteiger partial charge is 0.169 e. The van der Waals surface area contributed by atoms with E-state index in [4.69, 9.17) is 10.7 Å². The molecule has 0 aromatic rings. The van der Waals surface area contributed by atoms with Crippen LogP contribution in [0.4, 0.5) is 0 Å². The molecule has 2 heteroatoms. The summed E-state index contributed by atoms with van der Waals surface area (Å²) in [7, 11) is 5.47. The first kappa shape index (κ1) is 16.6. The van der Waals surface area contributed by atoms with Crippen LogP contribution in [-0.2, 0) is 0 Å². The molecule has 0 unspecified atom stereocenters. The lowest BCUT2D eigenvalue weighted by Gasteiger charge is -2.21. The third-order valence-corrected chi connectivity index (χ3v) is 4.71. The Balaban J connectivity index is 2.99. The van der Waals surface area contributed by atoms with Crippen molar-refractivity contribution in [2.75, 3.05) is 18.3 Å². The van der Waals surface area contributed by atoms with Gasteiger partial charge in [-0.2, -0.15) is 9.24 Å². The Hall–Kier alpha value is 0.640. The minimum Gasteiger partial charge on any atom is -0.169 e. The average molecular weight is 267 g/mol. The molecule has 0 nitrogen and oxygen atoms in total. The van der Waals surface area contributed by atoms with E-state index in [-0.39, 0.29) is 0 Å². The summed E-state index contributed by atoms with van der Waals surface area (Å²) in [5, 5.41) is 0. The van der Waals surface area contributed by atoms with Gasteiger partial charge in [0.05, 0.1) is 0 Å². The first-order chi connectivity index (χ1) is 7.56. The lowest BCUT2D eigenvalue weighted by atomic mass is 10.1. The van der Waals surface area contributed by atoms with Crippen LogP contribution >= 0.6 is 19.9 Å². The normalized spacial score (nSPS) is 13.0. The van der Waals surface area contributed by atoms with Gasteiger partial charge in [0.1, 0.15) is 0 Å². The highest BCUT2D eigenvalue weighted by Crippen LogP contribution is 2.45. The summed E-state index contributed by atoms with van der Waals surface area (Å²) < 4.78 is 0. The van der Waals surface area contributed by atoms with Crippen molar-refractivity contribution in [2.24, 2.45) is 0 Å². The number of hydrogen-bond acceptors (Lipinski definition) is 0. The first-order valence-corrected chi connectivity index (χ1v) is 10.4. The summed E-state index contributed by atoms with van der Waals surface area (Å²) in [4.78, 5) is 0. The average Bonchev–Trinajstić information content (AvgIpc) is 2.19. The first-order valence-electron chi connectivity index (χ1n) is 6.97. The van der Waals surface area contributed by atoms with Crippen molar-refractivity contribution in [1.82, 2.24) is 0 Å². The van der Waals surface area contributed by atoms with Crippen LogP contribution < -0.4 is 0 Å². The SMILES string of the molecule is CCCCCCCCCCCCS(C)(C)Cl. The predicted molar refractivity (Wildman–Crippen MR) is 82.0 cm³/mol. The van der Waals surface area contributed by atoms with Crippen LogP contribution in [-0.4, -0.2) is 18.3 Å². The van der Waals surface area contributed by atoms with Crippen molar-refractivity contribution >= 4 is 19.9 Å². The van der Waals surface area contributed by atoms with Gasteiger partial charge in [0.2, 0.25) is 0 Å². The van der Waals surface area contributed by atoms with Crippen molar-refractivity contribution in [2.45, 2.75) is 71.1 Å². The van der Waals surface area contributed by atoms with E-state index < -0.39 is 9.24 Å². The van der Waals surface area contributed by atoms with Crippen molar-refractivity contribution in [1.29, 1.82) is 0 Å². The van der Waals surface area contributed by atoms with Crippen LogP contribution in [0.25, 0.3) is 0 Å². The van der Waals surface area contributed by atoms with Gasteiger partial charge in [-0.05, 0) is 24.7 Å². The summed E-state index contributed by atoms with van der Waals surface area (Å²) in [6.45, 7) is 2.28. The van der Waals surface area contributed by atoms with E-state index in [1.54, 1.807) is 0 Å². The Labute approximate surface area is 109 Å². The number of halogens is 1. The molecule has 0 aliphatic rings. The lowest BCUT2D eigenvalue weighted by molar-refractivity contribution is 0.563. The van der Waals surface area contributed by atoms with E-state index in [0.717, 1.165) is 0 Å². The minimum absolute atomic E-state index is 0.760. The molecule has 0 heterocycles. The van der Waals surface area contributed by atoms with Crippen LogP contribution in [0.2, 0.25) is 0 Å². The summed E-state index contributed by atoms with van der Waals surface area (Å²) in [6, 6.07) is 0. The molecule has 16 heavy (non-hydrogen) atoms. The number of unbranched alkanes of at least 4 members (excludes halogenated alkanes) is 9. The lowest BCUT2D eigenvalue weighted by Crippen LogP contribution is -1.93. The fraction of sp³-hybridized carbons (Fsp3) is 1.00. The van der Waals surface area contributed by atoms with Crippen molar-refractivity contribution < 1.29 is 0 Å². The molecule has 0 bridgehead atoms. The molecule has 0 atom stereocenters. The van der Waals surface area contributed by atoms with Gasteiger partial charge in [-0.1, -0.05) is 75.4 Å². The molecular formula is C14H31ClS. The zero-order chi connectivity index (χ0) is 12.3. The van der Waals surface area contributed by atoms with Gasteiger partial charge in [-0.3, -0.25) is 0 Å². The van der Waals surface area contributed by atoms with E-state index in [0.29, 0.717) is 0 Å². The van der Waals surface area contributed by atoms with Gasteiger partial charge in [-0.25, -0.2) is 0 Å². The molecule has 0 spiro atoms. The van der Waals surface area contributed by atoms with Crippen LogP contribution in [0, 0.1) is 0 Å². The molecule has 0 saturated carbocycles. The summed E-state index contributed by atoms with van der Waals surface area (Å²) in [6.07, 6.45) is 18.5. The second-order valence-corrected chi connectivity index (χ2v) is 11.0. The Kier molecular flexibility index (Phi) is 11.2. The standard InChI is InChI=1S/C14H31ClS/c1-4-5-6-7-8-9-10-11-12-13-14-16(2,3)15/h4-14H2,1-3H3. The van der Waals surface area contributed by atoms with Crippen LogP contribution in [0.5, 0.6) is 0 Å². The molecule has 0 N–H and O–H groups in total. The molecule has 0 aliphatic carbocycles. The van der Waals surface area contributed by atoms with E-state index in [2.05, 4.69) is 19.4 Å². The van der Waals surface area contributed by atoms with Crippen molar-refractivity contribution in [3.63, 3.8) is 0 Å². The van der Waals surface area contributed by atoms with Gasteiger partial charge >= 0.3 is 0 Å². The molecule has 0 amide bonds. The molecule has 0 aliphatic heterocycles. The van der Waals surface area contributed by atoms with Gasteiger partial charge in [0.15, 0.2) is 0 Å². The Morgan fingerprint density at radius 2 is 1.06 bits per heavy atom. The van der Waals surface area contributed by atoms with Gasteiger partial charge < -0.3 is 0 Å². The molecule has 100 valence electrons. The molecule has 0 fully saturated rings. The Morgan fingerprint density at radius 3 is 1.44 bits per heavy atom. The maximum absolute atomic E-state index is 6.23. The highest BCUT2D eigenvalue weighted by Gasteiger charge is 2.05. The number of hydrogen-bond donors (Lipinski definition) is 0. The van der Waals surface area contributed by atoms with Crippen LogP contribution in [0.15, 0.2) is 0 Å². The second-order valence-electron chi connectivity index (χ2n) is 5.29. The van der Waals surface area contributed by atoms with Crippen LogP contribution in [0.1, 0.15) is 71.1 Å². The highest BCUT2D eigenvalue weighted by molar-refractivity contribution is 8.50.